The van der Waals surface area contributed by atoms with E-state index >= 15 is 0 Å². The van der Waals surface area contributed by atoms with E-state index in [1.165, 1.54) is 89.9 Å². The van der Waals surface area contributed by atoms with Gasteiger partial charge in [0.15, 0.2) is 0 Å². The number of thioether (sulfide) groups is 1. The Bertz CT molecular complexity index is 498. The molecule has 0 fully saturated rings. The predicted octanol–water partition coefficient (Wildman–Crippen LogP) is 7.04. The number of phosphoric acid groups is 1. The lowest BCUT2D eigenvalue weighted by Gasteiger charge is -2.31. The van der Waals surface area contributed by atoms with Crippen LogP contribution in [0.15, 0.2) is 0 Å². The maximum Gasteiger partial charge on any atom is 0.470 e. The monoisotopic (exact) mass is 526 g/mol. The van der Waals surface area contributed by atoms with Crippen molar-refractivity contribution >= 4 is 19.6 Å². The molecule has 2 unspecified atom stereocenters. The van der Waals surface area contributed by atoms with Crippen LogP contribution in [0.5, 0.6) is 0 Å². The molecule has 0 bridgehead atoms. The highest BCUT2D eigenvalue weighted by molar-refractivity contribution is 7.99. The third kappa shape index (κ3) is 25.5. The summed E-state index contributed by atoms with van der Waals surface area (Å²) in [4.78, 5) is 18.6. The average Bonchev–Trinajstić information content (AvgIpc) is 2.71. The molecule has 0 heterocycles. The molecule has 0 aliphatic heterocycles. The molecule has 0 saturated heterocycles. The normalized spacial score (nSPS) is 14.4. The molecule has 8 heteroatoms. The SMILES string of the molecule is CCCCCCCCCCCCCCCCSCC(COC)CC(C[N+](C)(C)C)OP(=O)(O)O. The Kier molecular flexibility index (Phi) is 21.7. The molecule has 206 valence electrons. The Morgan fingerprint density at radius 2 is 1.29 bits per heavy atom. The first kappa shape index (κ1) is 34.4. The minimum atomic E-state index is -4.50. The zero-order valence-corrected chi connectivity index (χ0v) is 24.7. The van der Waals surface area contributed by atoms with E-state index in [2.05, 4.69) is 6.92 Å². The van der Waals surface area contributed by atoms with Gasteiger partial charge in [-0.1, -0.05) is 90.4 Å². The lowest BCUT2D eigenvalue weighted by molar-refractivity contribution is -0.873. The number of phosphoric ester groups is 1. The van der Waals surface area contributed by atoms with Crippen LogP contribution >= 0.6 is 19.6 Å². The van der Waals surface area contributed by atoms with E-state index < -0.39 is 13.9 Å². The van der Waals surface area contributed by atoms with Crippen LogP contribution in [0.4, 0.5) is 0 Å². The first-order valence-corrected chi connectivity index (χ1v) is 16.4. The quantitative estimate of drug-likeness (QED) is 0.0755. The Morgan fingerprint density at radius 3 is 1.71 bits per heavy atom. The van der Waals surface area contributed by atoms with Crippen molar-refractivity contribution in [2.75, 3.05) is 52.9 Å². The van der Waals surface area contributed by atoms with Gasteiger partial charge in [0.05, 0.1) is 21.1 Å². The van der Waals surface area contributed by atoms with Crippen molar-refractivity contribution in [2.24, 2.45) is 5.92 Å². The number of nitrogens with zero attached hydrogens (tertiary/aromatic N) is 1. The first-order chi connectivity index (χ1) is 16.1. The van der Waals surface area contributed by atoms with E-state index in [0.29, 0.717) is 24.1 Å². The summed E-state index contributed by atoms with van der Waals surface area (Å²) in [6.07, 6.45) is 19.4. The molecule has 0 saturated carbocycles. The topological polar surface area (TPSA) is 76.0 Å². The number of rotatable bonds is 25. The van der Waals surface area contributed by atoms with Gasteiger partial charge in [-0.3, -0.25) is 4.52 Å². The van der Waals surface area contributed by atoms with E-state index in [1.807, 2.05) is 32.9 Å². The lowest BCUT2D eigenvalue weighted by atomic mass is 10.0. The Balaban J connectivity index is 3.87. The molecule has 2 atom stereocenters. The van der Waals surface area contributed by atoms with Crippen LogP contribution in [-0.4, -0.2) is 73.3 Å². The summed E-state index contributed by atoms with van der Waals surface area (Å²) in [5.41, 5.74) is 0. The predicted molar refractivity (Wildman–Crippen MR) is 147 cm³/mol. The van der Waals surface area contributed by atoms with Gasteiger partial charge in [0, 0.05) is 13.7 Å². The minimum absolute atomic E-state index is 0.227. The van der Waals surface area contributed by atoms with Crippen LogP contribution in [0.1, 0.15) is 103 Å². The van der Waals surface area contributed by atoms with Crippen LogP contribution in [0.2, 0.25) is 0 Å². The van der Waals surface area contributed by atoms with Crippen molar-refractivity contribution in [2.45, 2.75) is 109 Å². The Labute approximate surface area is 215 Å². The molecule has 0 aromatic carbocycles. The van der Waals surface area contributed by atoms with Crippen molar-refractivity contribution in [1.82, 2.24) is 0 Å². The molecule has 0 aliphatic carbocycles. The highest BCUT2D eigenvalue weighted by Crippen LogP contribution is 2.39. The summed E-state index contributed by atoms with van der Waals surface area (Å²) in [5.74, 6) is 2.30. The highest BCUT2D eigenvalue weighted by Gasteiger charge is 2.29. The standard InChI is InChI=1S/C26H56NO5PS/c1-6-7-8-9-10-11-12-13-14-15-16-17-18-19-20-34-24-25(23-31-5)21-26(22-27(2,3)4)32-33(28,29)30/h25-26H,6-24H2,1-5H3,(H-,28,29,30)/p+1. The van der Waals surface area contributed by atoms with Crippen molar-refractivity contribution < 1.29 is 28.1 Å². The summed E-state index contributed by atoms with van der Waals surface area (Å²) in [6.45, 7) is 3.41. The smallest absolute Gasteiger partial charge is 0.384 e. The molecule has 0 rings (SSSR count). The number of unbranched alkanes of at least 4 members (excludes halogenated alkanes) is 13. The number of hydrogen-bond acceptors (Lipinski definition) is 4. The van der Waals surface area contributed by atoms with Crippen molar-refractivity contribution in [3.05, 3.63) is 0 Å². The van der Waals surface area contributed by atoms with Gasteiger partial charge < -0.3 is 19.0 Å². The van der Waals surface area contributed by atoms with Gasteiger partial charge in [0.1, 0.15) is 12.6 Å². The molecule has 34 heavy (non-hydrogen) atoms. The number of methoxy groups -OCH3 is 1. The van der Waals surface area contributed by atoms with E-state index in [9.17, 15) is 14.4 Å². The number of quaternary nitrogens is 1. The summed E-state index contributed by atoms with van der Waals surface area (Å²) in [5, 5.41) is 0. The van der Waals surface area contributed by atoms with Gasteiger partial charge in [0.25, 0.3) is 0 Å². The summed E-state index contributed by atoms with van der Waals surface area (Å²) >= 11 is 1.93. The van der Waals surface area contributed by atoms with Crippen molar-refractivity contribution in [1.29, 1.82) is 0 Å². The number of hydrogen-bond donors (Lipinski definition) is 2. The maximum absolute atomic E-state index is 11.4. The molecule has 0 aromatic rings. The fourth-order valence-corrected chi connectivity index (χ4v) is 6.08. The Hall–Kier alpha value is 0.380. The second kappa shape index (κ2) is 21.5. The summed E-state index contributed by atoms with van der Waals surface area (Å²) in [7, 11) is 3.20. The van der Waals surface area contributed by atoms with Crippen LogP contribution in [0.25, 0.3) is 0 Å². The molecule has 0 radical (unpaired) electrons. The maximum atomic E-state index is 11.4. The lowest BCUT2D eigenvalue weighted by Crippen LogP contribution is -2.43. The van der Waals surface area contributed by atoms with E-state index in [-0.39, 0.29) is 5.92 Å². The largest absolute Gasteiger partial charge is 0.470 e. The zero-order valence-electron chi connectivity index (χ0n) is 23.0. The van der Waals surface area contributed by atoms with Gasteiger partial charge in [-0.25, -0.2) is 4.57 Å². The first-order valence-electron chi connectivity index (χ1n) is 13.7. The second-order valence-corrected chi connectivity index (χ2v) is 13.3. The fourth-order valence-electron chi connectivity index (χ4n) is 4.40. The number of ether oxygens (including phenoxy) is 1. The molecule has 0 spiro atoms. The third-order valence-corrected chi connectivity index (χ3v) is 7.89. The molecular formula is C26H57NO5PS+. The van der Waals surface area contributed by atoms with Crippen molar-refractivity contribution in [3.63, 3.8) is 0 Å². The molecule has 0 aliphatic rings. The van der Waals surface area contributed by atoms with Crippen LogP contribution in [0.3, 0.4) is 0 Å². The zero-order chi connectivity index (χ0) is 25.7. The van der Waals surface area contributed by atoms with Crippen LogP contribution < -0.4 is 0 Å². The molecule has 6 nitrogen and oxygen atoms in total. The Morgan fingerprint density at radius 1 is 0.824 bits per heavy atom. The fraction of sp³-hybridized carbons (Fsp3) is 1.00. The third-order valence-electron chi connectivity index (χ3n) is 6.03. The molecule has 2 N–H and O–H groups in total. The van der Waals surface area contributed by atoms with Gasteiger partial charge >= 0.3 is 7.82 Å². The van der Waals surface area contributed by atoms with Gasteiger partial charge in [-0.15, -0.1) is 0 Å². The van der Waals surface area contributed by atoms with E-state index in [0.717, 1.165) is 11.5 Å². The van der Waals surface area contributed by atoms with E-state index in [1.54, 1.807) is 7.11 Å². The summed E-state index contributed by atoms with van der Waals surface area (Å²) < 4.78 is 22.5. The van der Waals surface area contributed by atoms with Gasteiger partial charge in [-0.2, -0.15) is 11.8 Å². The minimum Gasteiger partial charge on any atom is -0.384 e. The van der Waals surface area contributed by atoms with Gasteiger partial charge in [0.2, 0.25) is 0 Å². The summed E-state index contributed by atoms with van der Waals surface area (Å²) in [6, 6.07) is 0. The van der Waals surface area contributed by atoms with Crippen LogP contribution in [0, 0.1) is 5.92 Å². The molecular weight excluding hydrogens is 469 g/mol. The van der Waals surface area contributed by atoms with Crippen molar-refractivity contribution in [3.8, 4) is 0 Å². The second-order valence-electron chi connectivity index (χ2n) is 10.9. The number of likely N-dealkylation sites (N-methyl/N-ethyl adjacent to an activating group) is 1. The van der Waals surface area contributed by atoms with Crippen LogP contribution in [-0.2, 0) is 13.8 Å². The average molecular weight is 527 g/mol. The highest BCUT2D eigenvalue weighted by atomic mass is 32.2. The van der Waals surface area contributed by atoms with Gasteiger partial charge in [-0.05, 0) is 30.3 Å². The van der Waals surface area contributed by atoms with E-state index in [4.69, 9.17) is 9.26 Å². The molecule has 0 amide bonds. The molecule has 0 aromatic heterocycles.